The predicted molar refractivity (Wildman–Crippen MR) is 70.7 cm³/mol. The van der Waals surface area contributed by atoms with E-state index >= 15 is 0 Å². The predicted octanol–water partition coefficient (Wildman–Crippen LogP) is 2.57. The van der Waals surface area contributed by atoms with Crippen molar-refractivity contribution >= 4 is 6.09 Å². The van der Waals surface area contributed by atoms with Crippen LogP contribution >= 0.6 is 0 Å². The number of likely N-dealkylation sites (tertiary alicyclic amines) is 1. The van der Waals surface area contributed by atoms with Crippen LogP contribution in [0.1, 0.15) is 44.3 Å². The summed E-state index contributed by atoms with van der Waals surface area (Å²) in [6, 6.07) is 0.594. The number of carbonyl (C=O) groups is 1. The van der Waals surface area contributed by atoms with Gasteiger partial charge in [-0.25, -0.2) is 9.18 Å². The fourth-order valence-corrected chi connectivity index (χ4v) is 2.95. The Morgan fingerprint density at radius 2 is 2.30 bits per heavy atom. The quantitative estimate of drug-likeness (QED) is 0.890. The van der Waals surface area contributed by atoms with Crippen molar-refractivity contribution < 1.29 is 19.4 Å². The van der Waals surface area contributed by atoms with E-state index in [1.807, 2.05) is 6.92 Å². The van der Waals surface area contributed by atoms with Crippen molar-refractivity contribution in [2.45, 2.75) is 50.8 Å². The second-order valence-corrected chi connectivity index (χ2v) is 5.16. The van der Waals surface area contributed by atoms with E-state index in [1.165, 1.54) is 17.2 Å². The van der Waals surface area contributed by atoms with Gasteiger partial charge in [0.1, 0.15) is 11.9 Å². The lowest BCUT2D eigenvalue weighted by molar-refractivity contribution is 0.0523. The SMILES string of the molecule is CCC[C@@H]1CC[C@H]([C@H](O)c2cncc(F)c2)N1C(=O)O. The van der Waals surface area contributed by atoms with Crippen molar-refractivity contribution in [3.63, 3.8) is 0 Å². The first kappa shape index (κ1) is 14.7. The monoisotopic (exact) mass is 282 g/mol. The van der Waals surface area contributed by atoms with Crippen LogP contribution in [-0.4, -0.2) is 38.3 Å². The molecule has 1 amide bonds. The van der Waals surface area contributed by atoms with Crippen LogP contribution in [0.3, 0.4) is 0 Å². The Labute approximate surface area is 117 Å². The van der Waals surface area contributed by atoms with Crippen molar-refractivity contribution in [3.8, 4) is 0 Å². The van der Waals surface area contributed by atoms with Gasteiger partial charge in [-0.15, -0.1) is 0 Å². The maximum absolute atomic E-state index is 13.2. The van der Waals surface area contributed by atoms with Gasteiger partial charge < -0.3 is 10.2 Å². The van der Waals surface area contributed by atoms with Gasteiger partial charge in [-0.05, 0) is 25.3 Å². The van der Waals surface area contributed by atoms with Crippen LogP contribution in [0.15, 0.2) is 18.5 Å². The standard InChI is InChI=1S/C14H19FN2O3/c1-2-3-11-4-5-12(17(11)14(19)20)13(18)9-6-10(15)8-16-7-9/h6-8,11-13,18H,2-5H2,1H3,(H,19,20)/t11-,12-,13-/m1/s1. The average molecular weight is 282 g/mol. The molecule has 110 valence electrons. The van der Waals surface area contributed by atoms with E-state index in [-0.39, 0.29) is 6.04 Å². The number of aliphatic hydroxyl groups excluding tert-OH is 1. The van der Waals surface area contributed by atoms with E-state index in [0.29, 0.717) is 12.0 Å². The first-order valence-corrected chi connectivity index (χ1v) is 6.84. The van der Waals surface area contributed by atoms with Crippen LogP contribution in [0.2, 0.25) is 0 Å². The Bertz CT molecular complexity index is 483. The molecule has 2 heterocycles. The van der Waals surface area contributed by atoms with Crippen molar-refractivity contribution in [1.82, 2.24) is 9.88 Å². The molecule has 0 unspecified atom stereocenters. The van der Waals surface area contributed by atoms with E-state index in [1.54, 1.807) is 0 Å². The maximum atomic E-state index is 13.2. The van der Waals surface area contributed by atoms with Gasteiger partial charge in [0, 0.05) is 17.8 Å². The molecule has 0 spiro atoms. The third kappa shape index (κ3) is 2.90. The maximum Gasteiger partial charge on any atom is 0.407 e. The Balaban J connectivity index is 2.20. The van der Waals surface area contributed by atoms with Crippen molar-refractivity contribution in [1.29, 1.82) is 0 Å². The summed E-state index contributed by atoms with van der Waals surface area (Å²) in [5.74, 6) is -0.536. The number of hydrogen-bond donors (Lipinski definition) is 2. The van der Waals surface area contributed by atoms with Gasteiger partial charge in [0.25, 0.3) is 0 Å². The normalized spacial score (nSPS) is 23.9. The molecule has 0 radical (unpaired) electrons. The highest BCUT2D eigenvalue weighted by molar-refractivity contribution is 5.66. The number of amides is 1. The molecule has 6 heteroatoms. The molecule has 3 atom stereocenters. The van der Waals surface area contributed by atoms with E-state index in [0.717, 1.165) is 25.5 Å². The Hall–Kier alpha value is -1.69. The third-order valence-corrected chi connectivity index (χ3v) is 3.82. The van der Waals surface area contributed by atoms with Crippen LogP contribution in [0, 0.1) is 5.82 Å². The van der Waals surface area contributed by atoms with Gasteiger partial charge in [-0.2, -0.15) is 0 Å². The minimum atomic E-state index is -1.05. The molecule has 2 N–H and O–H groups in total. The summed E-state index contributed by atoms with van der Waals surface area (Å²) in [5.41, 5.74) is 0.318. The zero-order chi connectivity index (χ0) is 14.7. The molecule has 1 fully saturated rings. The molecule has 1 saturated heterocycles. The van der Waals surface area contributed by atoms with Crippen LogP contribution < -0.4 is 0 Å². The summed E-state index contributed by atoms with van der Waals surface area (Å²) in [6.07, 6.45) is 3.32. The van der Waals surface area contributed by atoms with Gasteiger partial charge in [-0.3, -0.25) is 9.88 Å². The van der Waals surface area contributed by atoms with Gasteiger partial charge in [0.15, 0.2) is 0 Å². The van der Waals surface area contributed by atoms with Crippen molar-refractivity contribution in [3.05, 3.63) is 29.8 Å². The Kier molecular flexibility index (Phi) is 4.54. The molecular weight excluding hydrogens is 263 g/mol. The lowest BCUT2D eigenvalue weighted by Crippen LogP contribution is -2.43. The zero-order valence-corrected chi connectivity index (χ0v) is 11.4. The summed E-state index contributed by atoms with van der Waals surface area (Å²) >= 11 is 0. The van der Waals surface area contributed by atoms with E-state index in [9.17, 15) is 19.4 Å². The van der Waals surface area contributed by atoms with Gasteiger partial charge in [0.2, 0.25) is 0 Å². The van der Waals surface area contributed by atoms with Gasteiger partial charge >= 0.3 is 6.09 Å². The number of carboxylic acid groups (broad SMARTS) is 1. The van der Waals surface area contributed by atoms with Crippen LogP contribution in [-0.2, 0) is 0 Å². The molecule has 0 aliphatic carbocycles. The molecule has 2 rings (SSSR count). The second-order valence-electron chi connectivity index (χ2n) is 5.16. The smallest absolute Gasteiger partial charge is 0.407 e. The Morgan fingerprint density at radius 3 is 2.90 bits per heavy atom. The molecule has 1 aliphatic heterocycles. The van der Waals surface area contributed by atoms with E-state index in [4.69, 9.17) is 0 Å². The summed E-state index contributed by atoms with van der Waals surface area (Å²) in [7, 11) is 0. The molecular formula is C14H19FN2O3. The average Bonchev–Trinajstić information content (AvgIpc) is 2.82. The zero-order valence-electron chi connectivity index (χ0n) is 11.4. The topological polar surface area (TPSA) is 73.7 Å². The highest BCUT2D eigenvalue weighted by Crippen LogP contribution is 2.34. The van der Waals surface area contributed by atoms with Crippen LogP contribution in [0.4, 0.5) is 9.18 Å². The number of aliphatic hydroxyl groups is 1. The summed E-state index contributed by atoms with van der Waals surface area (Å²) in [4.78, 5) is 16.4. The first-order valence-electron chi connectivity index (χ1n) is 6.84. The van der Waals surface area contributed by atoms with E-state index < -0.39 is 24.1 Å². The molecule has 20 heavy (non-hydrogen) atoms. The minimum absolute atomic E-state index is 0.0707. The van der Waals surface area contributed by atoms with Gasteiger partial charge in [0.05, 0.1) is 12.2 Å². The molecule has 0 bridgehead atoms. The fourth-order valence-electron chi connectivity index (χ4n) is 2.95. The van der Waals surface area contributed by atoms with Gasteiger partial charge in [-0.1, -0.05) is 13.3 Å². The summed E-state index contributed by atoms with van der Waals surface area (Å²) in [6.45, 7) is 2.00. The number of halogens is 1. The molecule has 5 nitrogen and oxygen atoms in total. The molecule has 1 aliphatic rings. The number of hydrogen-bond acceptors (Lipinski definition) is 3. The fraction of sp³-hybridized carbons (Fsp3) is 0.571. The summed E-state index contributed by atoms with van der Waals surface area (Å²) in [5, 5.41) is 19.7. The van der Waals surface area contributed by atoms with Crippen LogP contribution in [0.5, 0.6) is 0 Å². The Morgan fingerprint density at radius 1 is 1.55 bits per heavy atom. The number of rotatable bonds is 4. The summed E-state index contributed by atoms with van der Waals surface area (Å²) < 4.78 is 13.2. The number of nitrogens with zero attached hydrogens (tertiary/aromatic N) is 2. The first-order chi connectivity index (χ1) is 9.54. The molecule has 1 aromatic rings. The molecule has 0 saturated carbocycles. The van der Waals surface area contributed by atoms with Crippen LogP contribution in [0.25, 0.3) is 0 Å². The largest absolute Gasteiger partial charge is 0.465 e. The molecule has 1 aromatic heterocycles. The highest BCUT2D eigenvalue weighted by Gasteiger charge is 2.40. The second kappa shape index (κ2) is 6.17. The lowest BCUT2D eigenvalue weighted by Gasteiger charge is -2.30. The number of pyridine rings is 1. The third-order valence-electron chi connectivity index (χ3n) is 3.82. The highest BCUT2D eigenvalue weighted by atomic mass is 19.1. The van der Waals surface area contributed by atoms with Crippen molar-refractivity contribution in [2.75, 3.05) is 0 Å². The lowest BCUT2D eigenvalue weighted by atomic mass is 10.0. The minimum Gasteiger partial charge on any atom is -0.465 e. The number of aromatic nitrogens is 1. The molecule has 0 aromatic carbocycles. The van der Waals surface area contributed by atoms with Crippen molar-refractivity contribution in [2.24, 2.45) is 0 Å². The van der Waals surface area contributed by atoms with E-state index in [2.05, 4.69) is 4.98 Å².